The van der Waals surface area contributed by atoms with Crippen molar-refractivity contribution in [1.82, 2.24) is 5.32 Å². The van der Waals surface area contributed by atoms with Gasteiger partial charge in [0.1, 0.15) is 11.8 Å². The first-order valence-electron chi connectivity index (χ1n) is 8.72. The molecule has 0 saturated carbocycles. The minimum absolute atomic E-state index is 0.0255. The number of nitrogens with zero attached hydrogens (tertiary/aromatic N) is 2. The molecule has 1 aromatic carbocycles. The van der Waals surface area contributed by atoms with E-state index in [9.17, 15) is 20.1 Å². The minimum Gasteiger partial charge on any atom is -0.466 e. The first-order chi connectivity index (χ1) is 13.3. The van der Waals surface area contributed by atoms with E-state index in [2.05, 4.69) is 11.4 Å². The maximum absolute atomic E-state index is 12.9. The van der Waals surface area contributed by atoms with Gasteiger partial charge >= 0.3 is 11.9 Å². The monoisotopic (exact) mass is 379 g/mol. The maximum Gasteiger partial charge on any atom is 0.337 e. The molecule has 0 fully saturated rings. The summed E-state index contributed by atoms with van der Waals surface area (Å²) in [5, 5.41) is 21.9. The van der Waals surface area contributed by atoms with Crippen molar-refractivity contribution in [2.75, 3.05) is 13.7 Å². The fourth-order valence-corrected chi connectivity index (χ4v) is 3.00. The van der Waals surface area contributed by atoms with E-state index >= 15 is 0 Å². The number of esters is 2. The lowest BCUT2D eigenvalue weighted by Gasteiger charge is -2.29. The number of methoxy groups -OCH3 is 1. The molecule has 1 aliphatic heterocycles. The highest BCUT2D eigenvalue weighted by Gasteiger charge is 2.40. The molecular weight excluding hydrogens is 358 g/mol. The molecule has 0 amide bonds. The summed E-state index contributed by atoms with van der Waals surface area (Å²) in [6, 6.07) is 10.6. The summed E-state index contributed by atoms with van der Waals surface area (Å²) in [5.74, 6) is -2.21. The topological polar surface area (TPSA) is 112 Å². The van der Waals surface area contributed by atoms with E-state index in [4.69, 9.17) is 9.47 Å². The molecule has 0 saturated heterocycles. The molecule has 1 aromatic rings. The first kappa shape index (κ1) is 20.7. The molecular formula is C21H21N3O4. The summed E-state index contributed by atoms with van der Waals surface area (Å²) in [4.78, 5) is 25.4. The predicted molar refractivity (Wildman–Crippen MR) is 100 cm³/mol. The van der Waals surface area contributed by atoms with E-state index in [-0.39, 0.29) is 34.9 Å². The van der Waals surface area contributed by atoms with E-state index in [1.807, 2.05) is 19.9 Å². The Labute approximate surface area is 163 Å². The van der Waals surface area contributed by atoms with Gasteiger partial charge in [0, 0.05) is 5.70 Å². The standard InChI is InChI=1S/C21H21N3O4/c1-12(2)11-28-21(26)17-13(3)24-16(10-23)19(20(25)27-4)18(17)15-8-6-5-7-14(15)9-22/h5-8,12,18,24H,11H2,1-4H3. The molecule has 0 radical (unpaired) electrons. The number of allylic oxidation sites excluding steroid dienone is 2. The Bertz CT molecular complexity index is 945. The van der Waals surface area contributed by atoms with E-state index in [1.54, 1.807) is 31.2 Å². The molecule has 0 aromatic heterocycles. The number of dihydropyridines is 1. The van der Waals surface area contributed by atoms with Crippen LogP contribution in [0, 0.1) is 28.6 Å². The van der Waals surface area contributed by atoms with Crippen LogP contribution in [0.25, 0.3) is 0 Å². The van der Waals surface area contributed by atoms with Gasteiger partial charge in [-0.25, -0.2) is 9.59 Å². The Morgan fingerprint density at radius 3 is 2.39 bits per heavy atom. The van der Waals surface area contributed by atoms with Crippen LogP contribution in [0.5, 0.6) is 0 Å². The lowest BCUT2D eigenvalue weighted by molar-refractivity contribution is -0.140. The van der Waals surface area contributed by atoms with Crippen molar-refractivity contribution in [2.24, 2.45) is 5.92 Å². The van der Waals surface area contributed by atoms with Gasteiger partial charge in [0.25, 0.3) is 0 Å². The molecule has 1 aliphatic rings. The molecule has 0 aliphatic carbocycles. The van der Waals surface area contributed by atoms with Crippen LogP contribution >= 0.6 is 0 Å². The van der Waals surface area contributed by atoms with Crippen molar-refractivity contribution >= 4 is 11.9 Å². The Kier molecular flexibility index (Phi) is 6.57. The number of carbonyl (C=O) groups excluding carboxylic acids is 2. The minimum atomic E-state index is -0.959. The normalized spacial score (nSPS) is 16.2. The van der Waals surface area contributed by atoms with Crippen molar-refractivity contribution in [2.45, 2.75) is 26.7 Å². The Morgan fingerprint density at radius 1 is 1.14 bits per heavy atom. The van der Waals surface area contributed by atoms with E-state index in [1.165, 1.54) is 7.11 Å². The van der Waals surface area contributed by atoms with Crippen molar-refractivity contribution in [1.29, 1.82) is 10.5 Å². The van der Waals surface area contributed by atoms with Crippen LogP contribution in [-0.4, -0.2) is 25.7 Å². The third kappa shape index (κ3) is 4.05. The Balaban J connectivity index is 2.72. The van der Waals surface area contributed by atoms with Crippen molar-refractivity contribution < 1.29 is 19.1 Å². The fourth-order valence-electron chi connectivity index (χ4n) is 3.00. The van der Waals surface area contributed by atoms with Crippen LogP contribution in [0.1, 0.15) is 37.8 Å². The van der Waals surface area contributed by atoms with Gasteiger partial charge in [-0.15, -0.1) is 0 Å². The molecule has 0 spiro atoms. The average molecular weight is 379 g/mol. The van der Waals surface area contributed by atoms with Gasteiger partial charge in [-0.2, -0.15) is 10.5 Å². The average Bonchev–Trinajstić information content (AvgIpc) is 2.70. The van der Waals surface area contributed by atoms with E-state index in [0.717, 1.165) is 0 Å². The number of nitrogens with one attached hydrogen (secondary N) is 1. The molecule has 1 atom stereocenters. The largest absolute Gasteiger partial charge is 0.466 e. The van der Waals surface area contributed by atoms with E-state index in [0.29, 0.717) is 11.3 Å². The molecule has 2 rings (SSSR count). The summed E-state index contributed by atoms with van der Waals surface area (Å²) in [5.41, 5.74) is 1.21. The van der Waals surface area contributed by atoms with Crippen molar-refractivity contribution in [3.8, 4) is 12.1 Å². The number of rotatable bonds is 5. The number of ether oxygens (including phenoxy) is 2. The fraction of sp³-hybridized carbons (Fsp3) is 0.333. The summed E-state index contributed by atoms with van der Waals surface area (Å²) in [6.45, 7) is 5.64. The number of hydrogen-bond donors (Lipinski definition) is 1. The highest BCUT2D eigenvalue weighted by molar-refractivity contribution is 6.00. The summed E-state index contributed by atoms with van der Waals surface area (Å²) in [7, 11) is 1.19. The molecule has 7 nitrogen and oxygen atoms in total. The van der Waals surface area contributed by atoms with Crippen molar-refractivity contribution in [3.05, 3.63) is 57.9 Å². The van der Waals surface area contributed by atoms with Crippen LogP contribution in [0.3, 0.4) is 0 Å². The van der Waals surface area contributed by atoms with E-state index < -0.39 is 17.9 Å². The molecule has 1 unspecified atom stereocenters. The zero-order valence-corrected chi connectivity index (χ0v) is 16.2. The van der Waals surface area contributed by atoms with Crippen LogP contribution in [0.2, 0.25) is 0 Å². The first-order valence-corrected chi connectivity index (χ1v) is 8.72. The number of carbonyl (C=O) groups is 2. The van der Waals surface area contributed by atoms with Crippen molar-refractivity contribution in [3.63, 3.8) is 0 Å². The van der Waals surface area contributed by atoms with Gasteiger partial charge in [0.15, 0.2) is 0 Å². The molecule has 1 heterocycles. The van der Waals surface area contributed by atoms with Crippen LogP contribution in [-0.2, 0) is 19.1 Å². The third-order valence-corrected chi connectivity index (χ3v) is 4.24. The summed E-state index contributed by atoms with van der Waals surface area (Å²) in [6.07, 6.45) is 0. The van der Waals surface area contributed by atoms with Crippen LogP contribution in [0.15, 0.2) is 46.8 Å². The Morgan fingerprint density at radius 2 is 1.82 bits per heavy atom. The zero-order chi connectivity index (χ0) is 20.8. The van der Waals surface area contributed by atoms with Gasteiger partial charge in [0.05, 0.1) is 42.4 Å². The van der Waals surface area contributed by atoms with Gasteiger partial charge in [0.2, 0.25) is 0 Å². The Hall–Kier alpha value is -3.58. The van der Waals surface area contributed by atoms with Crippen LogP contribution < -0.4 is 5.32 Å². The summed E-state index contributed by atoms with van der Waals surface area (Å²) < 4.78 is 10.3. The number of benzene rings is 1. The van der Waals surface area contributed by atoms with Crippen LogP contribution in [0.4, 0.5) is 0 Å². The summed E-state index contributed by atoms with van der Waals surface area (Å²) >= 11 is 0. The number of nitriles is 2. The lowest BCUT2D eigenvalue weighted by Crippen LogP contribution is -2.33. The highest BCUT2D eigenvalue weighted by Crippen LogP contribution is 2.40. The maximum atomic E-state index is 12.9. The zero-order valence-electron chi connectivity index (χ0n) is 16.2. The highest BCUT2D eigenvalue weighted by atomic mass is 16.5. The second kappa shape index (κ2) is 8.88. The number of hydrogen-bond acceptors (Lipinski definition) is 7. The second-order valence-corrected chi connectivity index (χ2v) is 6.68. The van der Waals surface area contributed by atoms with Gasteiger partial charge in [-0.3, -0.25) is 0 Å². The molecule has 144 valence electrons. The van der Waals surface area contributed by atoms with Gasteiger partial charge in [-0.1, -0.05) is 32.0 Å². The SMILES string of the molecule is COC(=O)C1=C(C#N)NC(C)=C(C(=O)OCC(C)C)C1c1ccccc1C#N. The smallest absolute Gasteiger partial charge is 0.337 e. The molecule has 28 heavy (non-hydrogen) atoms. The van der Waals surface area contributed by atoms with Gasteiger partial charge in [-0.05, 0) is 24.5 Å². The third-order valence-electron chi connectivity index (χ3n) is 4.24. The quantitative estimate of drug-likeness (QED) is 0.783. The molecule has 0 bridgehead atoms. The predicted octanol–water partition coefficient (Wildman–Crippen LogP) is 2.67. The second-order valence-electron chi connectivity index (χ2n) is 6.68. The van der Waals surface area contributed by atoms with Gasteiger partial charge < -0.3 is 14.8 Å². The molecule has 1 N–H and O–H groups in total. The lowest BCUT2D eigenvalue weighted by atomic mass is 9.78. The molecule has 7 heteroatoms.